The van der Waals surface area contributed by atoms with Crippen LogP contribution < -0.4 is 15.2 Å². The maximum absolute atomic E-state index is 6.23. The second-order valence-corrected chi connectivity index (χ2v) is 5.46. The van der Waals surface area contributed by atoms with E-state index >= 15 is 0 Å². The predicted molar refractivity (Wildman–Crippen MR) is 75.8 cm³/mol. The minimum atomic E-state index is 0.288. The molecule has 2 aromatic rings. The van der Waals surface area contributed by atoms with Crippen LogP contribution in [0.5, 0.6) is 11.5 Å². The summed E-state index contributed by atoms with van der Waals surface area (Å²) in [5, 5.41) is 4.62. The molecule has 0 unspecified atom stereocenters. The normalized spacial score (nSPS) is 17.2. The summed E-state index contributed by atoms with van der Waals surface area (Å²) in [5.74, 6) is 2.83. The lowest BCUT2D eigenvalue weighted by Crippen LogP contribution is -2.10. The standard InChI is InChI=1S/C15H17N3O2/c1-18-15(16)13(14(17-18)9-3-2-4-9)10-5-6-11-12(7-10)20-8-19-11/h5-7,9H,2-4,8,16H2,1H3. The molecule has 2 N–H and O–H groups in total. The van der Waals surface area contributed by atoms with Crippen LogP contribution in [0, 0.1) is 0 Å². The van der Waals surface area contributed by atoms with E-state index in [0.717, 1.165) is 28.3 Å². The fourth-order valence-electron chi connectivity index (χ4n) is 2.87. The maximum atomic E-state index is 6.23. The summed E-state index contributed by atoms with van der Waals surface area (Å²) < 4.78 is 12.6. The number of nitrogens with two attached hydrogens (primary N) is 1. The van der Waals surface area contributed by atoms with E-state index in [0.29, 0.717) is 11.7 Å². The lowest BCUT2D eigenvalue weighted by atomic mass is 9.80. The van der Waals surface area contributed by atoms with Crippen LogP contribution in [0.3, 0.4) is 0 Å². The average Bonchev–Trinajstić information content (AvgIpc) is 2.93. The van der Waals surface area contributed by atoms with Crippen LogP contribution in [0.1, 0.15) is 30.9 Å². The van der Waals surface area contributed by atoms with Crippen LogP contribution in [0.15, 0.2) is 18.2 Å². The van der Waals surface area contributed by atoms with E-state index in [1.165, 1.54) is 19.3 Å². The molecule has 104 valence electrons. The zero-order chi connectivity index (χ0) is 13.7. The number of rotatable bonds is 2. The molecule has 0 bridgehead atoms. The quantitative estimate of drug-likeness (QED) is 0.912. The van der Waals surface area contributed by atoms with Crippen molar-refractivity contribution in [3.05, 3.63) is 23.9 Å². The number of aryl methyl sites for hydroxylation is 1. The molecule has 0 saturated heterocycles. The molecule has 1 aliphatic carbocycles. The molecular weight excluding hydrogens is 254 g/mol. The smallest absolute Gasteiger partial charge is 0.231 e. The fourth-order valence-corrected chi connectivity index (χ4v) is 2.87. The topological polar surface area (TPSA) is 62.3 Å². The molecule has 20 heavy (non-hydrogen) atoms. The molecule has 0 spiro atoms. The van der Waals surface area contributed by atoms with Gasteiger partial charge in [-0.3, -0.25) is 4.68 Å². The van der Waals surface area contributed by atoms with Crippen LogP contribution in [-0.2, 0) is 7.05 Å². The van der Waals surface area contributed by atoms with Crippen molar-refractivity contribution in [2.24, 2.45) is 7.05 Å². The molecule has 2 aliphatic rings. The highest BCUT2D eigenvalue weighted by Gasteiger charge is 2.28. The number of hydrogen-bond donors (Lipinski definition) is 1. The van der Waals surface area contributed by atoms with Crippen LogP contribution in [-0.4, -0.2) is 16.6 Å². The molecule has 0 radical (unpaired) electrons. The van der Waals surface area contributed by atoms with Crippen molar-refractivity contribution in [1.29, 1.82) is 0 Å². The molecule has 0 amide bonds. The molecule has 5 heteroatoms. The highest BCUT2D eigenvalue weighted by atomic mass is 16.7. The Balaban J connectivity index is 1.84. The van der Waals surface area contributed by atoms with Gasteiger partial charge in [0.1, 0.15) is 5.82 Å². The van der Waals surface area contributed by atoms with Gasteiger partial charge in [-0.05, 0) is 30.5 Å². The molecule has 1 aliphatic heterocycles. The Morgan fingerprint density at radius 3 is 2.80 bits per heavy atom. The van der Waals surface area contributed by atoms with E-state index in [9.17, 15) is 0 Å². The molecule has 2 heterocycles. The number of nitrogens with zero attached hydrogens (tertiary/aromatic N) is 2. The number of anilines is 1. The minimum absolute atomic E-state index is 0.288. The summed E-state index contributed by atoms with van der Waals surface area (Å²) in [6.07, 6.45) is 3.68. The van der Waals surface area contributed by atoms with E-state index in [-0.39, 0.29) is 6.79 Å². The Labute approximate surface area is 117 Å². The summed E-state index contributed by atoms with van der Waals surface area (Å²) in [6.45, 7) is 0.288. The van der Waals surface area contributed by atoms with E-state index in [2.05, 4.69) is 5.10 Å². The van der Waals surface area contributed by atoms with Crippen LogP contribution in [0.2, 0.25) is 0 Å². The Kier molecular flexibility index (Phi) is 2.42. The van der Waals surface area contributed by atoms with E-state index in [1.54, 1.807) is 4.68 Å². The fraction of sp³-hybridized carbons (Fsp3) is 0.400. The molecule has 5 nitrogen and oxygen atoms in total. The van der Waals surface area contributed by atoms with Gasteiger partial charge in [0, 0.05) is 18.5 Å². The van der Waals surface area contributed by atoms with Gasteiger partial charge in [0.25, 0.3) is 0 Å². The zero-order valence-corrected chi connectivity index (χ0v) is 11.4. The number of ether oxygens (including phenoxy) is 2. The van der Waals surface area contributed by atoms with Crippen molar-refractivity contribution in [2.45, 2.75) is 25.2 Å². The molecule has 0 atom stereocenters. The van der Waals surface area contributed by atoms with Gasteiger partial charge in [-0.2, -0.15) is 5.10 Å². The first kappa shape index (κ1) is 11.6. The Hall–Kier alpha value is -2.17. The van der Waals surface area contributed by atoms with Crippen LogP contribution in [0.25, 0.3) is 11.1 Å². The van der Waals surface area contributed by atoms with Crippen molar-refractivity contribution in [3.8, 4) is 22.6 Å². The Bertz CT molecular complexity index is 674. The summed E-state index contributed by atoms with van der Waals surface area (Å²) >= 11 is 0. The largest absolute Gasteiger partial charge is 0.454 e. The Morgan fingerprint density at radius 1 is 1.25 bits per heavy atom. The lowest BCUT2D eigenvalue weighted by molar-refractivity contribution is 0.174. The second-order valence-electron chi connectivity index (χ2n) is 5.46. The van der Waals surface area contributed by atoms with Crippen molar-refractivity contribution in [3.63, 3.8) is 0 Å². The van der Waals surface area contributed by atoms with Crippen LogP contribution in [0.4, 0.5) is 5.82 Å². The number of aromatic nitrogens is 2. The van der Waals surface area contributed by atoms with Crippen molar-refractivity contribution < 1.29 is 9.47 Å². The molecule has 1 aromatic carbocycles. The van der Waals surface area contributed by atoms with Gasteiger partial charge in [0.2, 0.25) is 6.79 Å². The average molecular weight is 271 g/mol. The highest BCUT2D eigenvalue weighted by molar-refractivity contribution is 5.79. The summed E-state index contributed by atoms with van der Waals surface area (Å²) in [7, 11) is 1.90. The molecule has 1 aromatic heterocycles. The number of hydrogen-bond acceptors (Lipinski definition) is 4. The molecular formula is C15H17N3O2. The number of benzene rings is 1. The lowest BCUT2D eigenvalue weighted by Gasteiger charge is -2.24. The van der Waals surface area contributed by atoms with Crippen molar-refractivity contribution >= 4 is 5.82 Å². The van der Waals surface area contributed by atoms with E-state index in [1.807, 2.05) is 25.2 Å². The second kappa shape index (κ2) is 4.16. The van der Waals surface area contributed by atoms with Gasteiger partial charge in [0.15, 0.2) is 11.5 Å². The van der Waals surface area contributed by atoms with Gasteiger partial charge in [0.05, 0.1) is 5.69 Å². The predicted octanol–water partition coefficient (Wildman–Crippen LogP) is 2.67. The molecule has 1 saturated carbocycles. The summed E-state index contributed by atoms with van der Waals surface area (Å²) in [6, 6.07) is 5.97. The molecule has 4 rings (SSSR count). The SMILES string of the molecule is Cn1nc(C2CCC2)c(-c2ccc3c(c2)OCO3)c1N. The van der Waals surface area contributed by atoms with E-state index < -0.39 is 0 Å². The van der Waals surface area contributed by atoms with Gasteiger partial charge in [-0.15, -0.1) is 0 Å². The van der Waals surface area contributed by atoms with Gasteiger partial charge >= 0.3 is 0 Å². The monoisotopic (exact) mass is 271 g/mol. The van der Waals surface area contributed by atoms with Crippen molar-refractivity contribution in [1.82, 2.24) is 9.78 Å². The van der Waals surface area contributed by atoms with E-state index in [4.69, 9.17) is 15.2 Å². The van der Waals surface area contributed by atoms with Crippen LogP contribution >= 0.6 is 0 Å². The summed E-state index contributed by atoms with van der Waals surface area (Å²) in [4.78, 5) is 0. The zero-order valence-electron chi connectivity index (χ0n) is 11.4. The van der Waals surface area contributed by atoms with Gasteiger partial charge < -0.3 is 15.2 Å². The highest BCUT2D eigenvalue weighted by Crippen LogP contribution is 2.44. The first-order valence-corrected chi connectivity index (χ1v) is 6.96. The van der Waals surface area contributed by atoms with Gasteiger partial charge in [-0.1, -0.05) is 12.5 Å². The van der Waals surface area contributed by atoms with Crippen molar-refractivity contribution in [2.75, 3.05) is 12.5 Å². The Morgan fingerprint density at radius 2 is 2.05 bits per heavy atom. The minimum Gasteiger partial charge on any atom is -0.454 e. The van der Waals surface area contributed by atoms with Gasteiger partial charge in [-0.25, -0.2) is 0 Å². The third-order valence-corrected chi connectivity index (χ3v) is 4.27. The molecule has 1 fully saturated rings. The maximum Gasteiger partial charge on any atom is 0.231 e. The number of nitrogen functional groups attached to an aromatic ring is 1. The third-order valence-electron chi connectivity index (χ3n) is 4.27. The number of fused-ring (bicyclic) bond motifs is 1. The summed E-state index contributed by atoms with van der Waals surface area (Å²) in [5.41, 5.74) is 9.45. The first-order chi connectivity index (χ1) is 9.74. The first-order valence-electron chi connectivity index (χ1n) is 6.96. The third kappa shape index (κ3) is 1.59.